The minimum atomic E-state index is -4.54. The zero-order chi connectivity index (χ0) is 11.6. The van der Waals surface area contributed by atoms with Crippen molar-refractivity contribution in [3.63, 3.8) is 0 Å². The maximum Gasteiger partial charge on any atom is 0.415 e. The van der Waals surface area contributed by atoms with E-state index in [1.165, 1.54) is 0 Å². The summed E-state index contributed by atoms with van der Waals surface area (Å²) < 4.78 is 35.7. The normalized spacial score (nSPS) is 18.0. The number of aliphatic hydroxyl groups excluding tert-OH is 1. The van der Waals surface area contributed by atoms with Crippen molar-refractivity contribution in [1.29, 1.82) is 0 Å². The van der Waals surface area contributed by atoms with Crippen LogP contribution in [0.1, 0.15) is 27.7 Å². The van der Waals surface area contributed by atoms with E-state index in [0.29, 0.717) is 0 Å². The summed E-state index contributed by atoms with van der Waals surface area (Å²) in [6.07, 6.45) is -6.82. The Hall–Kier alpha value is -0.290. The highest BCUT2D eigenvalue weighted by Gasteiger charge is 2.38. The van der Waals surface area contributed by atoms with Crippen LogP contribution in [-0.4, -0.2) is 30.0 Å². The molecule has 2 unspecified atom stereocenters. The highest BCUT2D eigenvalue weighted by atomic mass is 19.4. The molecule has 0 fully saturated rings. The molecule has 5 heteroatoms. The van der Waals surface area contributed by atoms with E-state index < -0.39 is 18.8 Å². The van der Waals surface area contributed by atoms with Gasteiger partial charge in [0.2, 0.25) is 0 Å². The van der Waals surface area contributed by atoms with Gasteiger partial charge in [-0.25, -0.2) is 0 Å². The second kappa shape index (κ2) is 4.49. The number of nitrogens with one attached hydrogen (secondary N) is 1. The van der Waals surface area contributed by atoms with Gasteiger partial charge in [0.15, 0.2) is 6.10 Å². The maximum absolute atomic E-state index is 11.9. The van der Waals surface area contributed by atoms with Gasteiger partial charge >= 0.3 is 6.18 Å². The Labute approximate surface area is 82.5 Å². The van der Waals surface area contributed by atoms with Crippen molar-refractivity contribution in [2.24, 2.45) is 5.41 Å². The smallest absolute Gasteiger partial charge is 0.382 e. The molecule has 0 bridgehead atoms. The highest BCUT2D eigenvalue weighted by molar-refractivity contribution is 4.78. The van der Waals surface area contributed by atoms with Gasteiger partial charge in [-0.3, -0.25) is 0 Å². The van der Waals surface area contributed by atoms with E-state index >= 15 is 0 Å². The van der Waals surface area contributed by atoms with Crippen LogP contribution in [0, 0.1) is 5.41 Å². The first kappa shape index (κ1) is 13.7. The molecule has 0 saturated heterocycles. The molecule has 0 aliphatic carbocycles. The number of halogens is 3. The van der Waals surface area contributed by atoms with E-state index in [0.717, 1.165) is 0 Å². The highest BCUT2D eigenvalue weighted by Crippen LogP contribution is 2.21. The molecule has 0 rings (SSSR count). The molecule has 0 amide bonds. The van der Waals surface area contributed by atoms with E-state index in [-0.39, 0.29) is 11.5 Å². The van der Waals surface area contributed by atoms with Crippen LogP contribution in [0.2, 0.25) is 0 Å². The molecule has 14 heavy (non-hydrogen) atoms. The van der Waals surface area contributed by atoms with Crippen molar-refractivity contribution < 1.29 is 18.3 Å². The first-order chi connectivity index (χ1) is 6.05. The Morgan fingerprint density at radius 1 is 1.21 bits per heavy atom. The zero-order valence-electron chi connectivity index (χ0n) is 8.94. The second-order valence-electron chi connectivity index (χ2n) is 4.55. The standard InChI is InChI=1S/C9H18F3NO/c1-6(8(2,3)4)13-5-7(14)9(10,11)12/h6-7,13-14H,5H2,1-4H3. The Morgan fingerprint density at radius 2 is 1.64 bits per heavy atom. The lowest BCUT2D eigenvalue weighted by Gasteiger charge is -2.29. The maximum atomic E-state index is 11.9. The van der Waals surface area contributed by atoms with Crippen LogP contribution in [0.15, 0.2) is 0 Å². The molecule has 2 nitrogen and oxygen atoms in total. The molecule has 86 valence electrons. The first-order valence-electron chi connectivity index (χ1n) is 4.53. The average molecular weight is 213 g/mol. The lowest BCUT2D eigenvalue weighted by atomic mass is 9.88. The van der Waals surface area contributed by atoms with Gasteiger partial charge in [-0.15, -0.1) is 0 Å². The largest absolute Gasteiger partial charge is 0.415 e. The van der Waals surface area contributed by atoms with Crippen molar-refractivity contribution in [3.05, 3.63) is 0 Å². The van der Waals surface area contributed by atoms with Crippen LogP contribution in [0.4, 0.5) is 13.2 Å². The van der Waals surface area contributed by atoms with E-state index in [9.17, 15) is 13.2 Å². The van der Waals surface area contributed by atoms with Gasteiger partial charge in [0.05, 0.1) is 0 Å². The number of hydrogen-bond acceptors (Lipinski definition) is 2. The summed E-state index contributed by atoms with van der Waals surface area (Å²) >= 11 is 0. The van der Waals surface area contributed by atoms with Crippen molar-refractivity contribution >= 4 is 0 Å². The van der Waals surface area contributed by atoms with Crippen molar-refractivity contribution in [3.8, 4) is 0 Å². The minimum Gasteiger partial charge on any atom is -0.382 e. The van der Waals surface area contributed by atoms with Crippen LogP contribution in [0.3, 0.4) is 0 Å². The predicted molar refractivity (Wildman–Crippen MR) is 49.0 cm³/mol. The quantitative estimate of drug-likeness (QED) is 0.750. The van der Waals surface area contributed by atoms with Crippen LogP contribution in [-0.2, 0) is 0 Å². The molecular formula is C9H18F3NO. The Balaban J connectivity index is 3.96. The van der Waals surface area contributed by atoms with Gasteiger partial charge in [0, 0.05) is 12.6 Å². The van der Waals surface area contributed by atoms with E-state index in [4.69, 9.17) is 5.11 Å². The van der Waals surface area contributed by atoms with E-state index in [2.05, 4.69) is 5.32 Å². The summed E-state index contributed by atoms with van der Waals surface area (Å²) in [5.74, 6) is 0. The molecule has 0 aliphatic heterocycles. The van der Waals surface area contributed by atoms with Crippen LogP contribution in [0.5, 0.6) is 0 Å². The Bertz CT molecular complexity index is 154. The molecule has 0 aromatic rings. The minimum absolute atomic E-state index is 0.0838. The van der Waals surface area contributed by atoms with Gasteiger partial charge in [0.1, 0.15) is 0 Å². The van der Waals surface area contributed by atoms with Crippen molar-refractivity contribution in [2.45, 2.75) is 46.0 Å². The number of hydrogen-bond donors (Lipinski definition) is 2. The number of aliphatic hydroxyl groups is 1. The molecule has 0 radical (unpaired) electrons. The van der Waals surface area contributed by atoms with Crippen LogP contribution >= 0.6 is 0 Å². The fourth-order valence-electron chi connectivity index (χ4n) is 0.710. The summed E-state index contributed by atoms with van der Waals surface area (Å²) in [5.41, 5.74) is -0.120. The van der Waals surface area contributed by atoms with Gasteiger partial charge in [-0.05, 0) is 12.3 Å². The predicted octanol–water partition coefficient (Wildman–Crippen LogP) is 1.93. The zero-order valence-corrected chi connectivity index (χ0v) is 8.94. The lowest BCUT2D eigenvalue weighted by Crippen LogP contribution is -2.45. The molecule has 0 spiro atoms. The summed E-state index contributed by atoms with van der Waals surface area (Å²) in [6, 6.07) is -0.0838. The summed E-state index contributed by atoms with van der Waals surface area (Å²) in [6.45, 7) is 7.10. The SMILES string of the molecule is CC(NCC(O)C(F)(F)F)C(C)(C)C. The number of rotatable bonds is 3. The number of alkyl halides is 3. The van der Waals surface area contributed by atoms with E-state index in [1.807, 2.05) is 20.8 Å². The molecule has 0 aromatic heterocycles. The Morgan fingerprint density at radius 3 is 1.93 bits per heavy atom. The van der Waals surface area contributed by atoms with Crippen LogP contribution in [0.25, 0.3) is 0 Å². The molecule has 0 saturated carbocycles. The van der Waals surface area contributed by atoms with E-state index in [1.54, 1.807) is 6.92 Å². The molecule has 2 atom stereocenters. The second-order valence-corrected chi connectivity index (χ2v) is 4.55. The van der Waals surface area contributed by atoms with Crippen LogP contribution < -0.4 is 5.32 Å². The summed E-state index contributed by atoms with van der Waals surface area (Å²) in [4.78, 5) is 0. The molecule has 0 aliphatic rings. The molecular weight excluding hydrogens is 195 g/mol. The van der Waals surface area contributed by atoms with Crippen molar-refractivity contribution in [1.82, 2.24) is 5.32 Å². The molecule has 2 N–H and O–H groups in total. The van der Waals surface area contributed by atoms with Crippen molar-refractivity contribution in [2.75, 3.05) is 6.54 Å². The first-order valence-corrected chi connectivity index (χ1v) is 4.53. The molecule has 0 heterocycles. The summed E-state index contributed by atoms with van der Waals surface area (Å²) in [5, 5.41) is 11.4. The fraction of sp³-hybridized carbons (Fsp3) is 1.00. The van der Waals surface area contributed by atoms with Gasteiger partial charge in [-0.2, -0.15) is 13.2 Å². The lowest BCUT2D eigenvalue weighted by molar-refractivity contribution is -0.202. The average Bonchev–Trinajstić information content (AvgIpc) is 1.95. The van der Waals surface area contributed by atoms with Gasteiger partial charge in [-0.1, -0.05) is 20.8 Å². The monoisotopic (exact) mass is 213 g/mol. The third-order valence-electron chi connectivity index (χ3n) is 2.29. The fourth-order valence-corrected chi connectivity index (χ4v) is 0.710. The Kier molecular flexibility index (Phi) is 4.39. The third-order valence-corrected chi connectivity index (χ3v) is 2.29. The summed E-state index contributed by atoms with van der Waals surface area (Å²) in [7, 11) is 0. The molecule has 0 aromatic carbocycles. The topological polar surface area (TPSA) is 32.3 Å². The third kappa shape index (κ3) is 4.81. The van der Waals surface area contributed by atoms with Gasteiger partial charge < -0.3 is 10.4 Å². The van der Waals surface area contributed by atoms with Gasteiger partial charge in [0.25, 0.3) is 0 Å².